The molecular weight excluding hydrogens is 323 g/mol. The number of thioether (sulfide) groups is 1. The third kappa shape index (κ3) is 4.36. The van der Waals surface area contributed by atoms with Crippen molar-refractivity contribution < 1.29 is 9.18 Å². The van der Waals surface area contributed by atoms with Gasteiger partial charge in [0.25, 0.3) is 0 Å². The molecular formula is C19H17FN2OS. The predicted octanol–water partition coefficient (Wildman–Crippen LogP) is 4.75. The lowest BCUT2D eigenvalue weighted by molar-refractivity contribution is -0.116. The summed E-state index contributed by atoms with van der Waals surface area (Å²) in [6.07, 6.45) is 1.90. The molecule has 2 aromatic carbocycles. The van der Waals surface area contributed by atoms with Crippen LogP contribution in [-0.4, -0.2) is 5.91 Å². The molecule has 0 radical (unpaired) electrons. The molecule has 0 unspecified atom stereocenters. The average Bonchev–Trinajstić information content (AvgIpc) is 3.35. The van der Waals surface area contributed by atoms with Crippen LogP contribution in [-0.2, 0) is 10.5 Å². The quantitative estimate of drug-likeness (QED) is 0.772. The van der Waals surface area contributed by atoms with Crippen LogP contribution in [0.15, 0.2) is 53.4 Å². The van der Waals surface area contributed by atoms with Gasteiger partial charge in [0.05, 0.1) is 11.5 Å². The Kier molecular flexibility index (Phi) is 4.86. The van der Waals surface area contributed by atoms with E-state index in [1.165, 1.54) is 12.1 Å². The van der Waals surface area contributed by atoms with Crippen LogP contribution in [0.4, 0.5) is 10.1 Å². The van der Waals surface area contributed by atoms with Gasteiger partial charge in [0, 0.05) is 22.8 Å². The van der Waals surface area contributed by atoms with Gasteiger partial charge >= 0.3 is 0 Å². The molecule has 0 bridgehead atoms. The summed E-state index contributed by atoms with van der Waals surface area (Å²) in [7, 11) is 0. The van der Waals surface area contributed by atoms with Crippen molar-refractivity contribution in [3.05, 3.63) is 59.9 Å². The molecule has 0 atom stereocenters. The predicted molar refractivity (Wildman–Crippen MR) is 92.9 cm³/mol. The molecule has 0 heterocycles. The largest absolute Gasteiger partial charge is 0.326 e. The van der Waals surface area contributed by atoms with E-state index in [0.717, 1.165) is 34.7 Å². The monoisotopic (exact) mass is 340 g/mol. The molecule has 122 valence electrons. The van der Waals surface area contributed by atoms with Crippen molar-refractivity contribution in [2.24, 2.45) is 5.41 Å². The average molecular weight is 340 g/mol. The number of carbonyl (C=O) groups is 1. The van der Waals surface area contributed by atoms with Crippen LogP contribution in [0.5, 0.6) is 0 Å². The summed E-state index contributed by atoms with van der Waals surface area (Å²) in [6.45, 7) is 0. The first-order valence-corrected chi connectivity index (χ1v) is 8.76. The van der Waals surface area contributed by atoms with Crippen molar-refractivity contribution >= 4 is 23.4 Å². The van der Waals surface area contributed by atoms with E-state index in [0.29, 0.717) is 0 Å². The van der Waals surface area contributed by atoms with Crippen molar-refractivity contribution in [1.29, 1.82) is 5.26 Å². The molecule has 1 aliphatic carbocycles. The maximum atomic E-state index is 12.9. The molecule has 1 amide bonds. The molecule has 1 N–H and O–H groups in total. The molecule has 1 fully saturated rings. The smallest absolute Gasteiger partial charge is 0.225 e. The Morgan fingerprint density at radius 2 is 1.83 bits per heavy atom. The molecule has 5 heteroatoms. The lowest BCUT2D eigenvalue weighted by Crippen LogP contribution is -2.16. The van der Waals surface area contributed by atoms with Gasteiger partial charge in [0.1, 0.15) is 5.82 Å². The van der Waals surface area contributed by atoms with Gasteiger partial charge in [0.15, 0.2) is 0 Å². The number of amides is 1. The van der Waals surface area contributed by atoms with Crippen LogP contribution in [0.25, 0.3) is 0 Å². The lowest BCUT2D eigenvalue weighted by atomic mass is 10.0. The minimum Gasteiger partial charge on any atom is -0.326 e. The highest BCUT2D eigenvalue weighted by atomic mass is 32.2. The van der Waals surface area contributed by atoms with Crippen molar-refractivity contribution in [3.8, 4) is 6.07 Å². The fourth-order valence-electron chi connectivity index (χ4n) is 2.37. The Bertz CT molecular complexity index is 761. The topological polar surface area (TPSA) is 52.9 Å². The Hall–Kier alpha value is -2.32. The van der Waals surface area contributed by atoms with E-state index in [9.17, 15) is 9.18 Å². The van der Waals surface area contributed by atoms with E-state index >= 15 is 0 Å². The van der Waals surface area contributed by atoms with Gasteiger partial charge in [0.2, 0.25) is 5.91 Å². The van der Waals surface area contributed by atoms with Gasteiger partial charge in [-0.25, -0.2) is 4.39 Å². The van der Waals surface area contributed by atoms with E-state index < -0.39 is 5.41 Å². The number of nitriles is 1. The number of hydrogen-bond donors (Lipinski definition) is 1. The number of benzene rings is 2. The second-order valence-corrected chi connectivity index (χ2v) is 7.11. The fraction of sp³-hybridized carbons (Fsp3) is 0.263. The second-order valence-electron chi connectivity index (χ2n) is 6.06. The molecule has 1 saturated carbocycles. The normalized spacial score (nSPS) is 14.7. The SMILES string of the molecule is N#CC1(CC(=O)Nc2ccc(CSc3ccc(F)cc3)cc2)CC1. The Morgan fingerprint density at radius 3 is 2.42 bits per heavy atom. The van der Waals surface area contributed by atoms with Crippen LogP contribution >= 0.6 is 11.8 Å². The number of halogens is 1. The number of nitrogens with zero attached hydrogens (tertiary/aromatic N) is 1. The van der Waals surface area contributed by atoms with Gasteiger partial charge in [-0.3, -0.25) is 4.79 Å². The van der Waals surface area contributed by atoms with E-state index in [4.69, 9.17) is 5.26 Å². The maximum absolute atomic E-state index is 12.9. The summed E-state index contributed by atoms with van der Waals surface area (Å²) in [5.74, 6) is 0.434. The first kappa shape index (κ1) is 16.5. The Labute approximate surface area is 144 Å². The lowest BCUT2D eigenvalue weighted by Gasteiger charge is -2.08. The summed E-state index contributed by atoms with van der Waals surface area (Å²) in [6, 6.07) is 16.3. The zero-order valence-electron chi connectivity index (χ0n) is 13.1. The molecule has 0 aliphatic heterocycles. The van der Waals surface area contributed by atoms with Crippen LogP contribution in [0, 0.1) is 22.6 Å². The van der Waals surface area contributed by atoms with E-state index in [1.807, 2.05) is 24.3 Å². The molecule has 0 spiro atoms. The summed E-state index contributed by atoms with van der Waals surface area (Å²) in [5.41, 5.74) is 1.44. The third-order valence-corrected chi connectivity index (χ3v) is 5.13. The Balaban J connectivity index is 1.50. The number of carbonyl (C=O) groups excluding carboxylic acids is 1. The van der Waals surface area contributed by atoms with E-state index in [2.05, 4.69) is 11.4 Å². The van der Waals surface area contributed by atoms with Gasteiger partial charge in [-0.15, -0.1) is 11.8 Å². The highest BCUT2D eigenvalue weighted by molar-refractivity contribution is 7.98. The highest BCUT2D eigenvalue weighted by Crippen LogP contribution is 2.48. The summed E-state index contributed by atoms with van der Waals surface area (Å²) >= 11 is 1.63. The zero-order chi connectivity index (χ0) is 17.0. The molecule has 2 aromatic rings. The van der Waals surface area contributed by atoms with Crippen LogP contribution < -0.4 is 5.32 Å². The molecule has 3 rings (SSSR count). The van der Waals surface area contributed by atoms with Gasteiger partial charge < -0.3 is 5.32 Å². The van der Waals surface area contributed by atoms with Crippen LogP contribution in [0.2, 0.25) is 0 Å². The molecule has 3 nitrogen and oxygen atoms in total. The Morgan fingerprint density at radius 1 is 1.17 bits per heavy atom. The fourth-order valence-corrected chi connectivity index (χ4v) is 3.23. The van der Waals surface area contributed by atoms with E-state index in [-0.39, 0.29) is 18.1 Å². The summed E-state index contributed by atoms with van der Waals surface area (Å²) < 4.78 is 12.9. The molecule has 1 aliphatic rings. The minimum atomic E-state index is -0.421. The molecule has 0 aromatic heterocycles. The number of anilines is 1. The minimum absolute atomic E-state index is 0.109. The molecule has 24 heavy (non-hydrogen) atoms. The van der Waals surface area contributed by atoms with E-state index in [1.54, 1.807) is 23.9 Å². The number of nitrogens with one attached hydrogen (secondary N) is 1. The van der Waals surface area contributed by atoms with Crippen LogP contribution in [0.1, 0.15) is 24.8 Å². The number of rotatable bonds is 6. The van der Waals surface area contributed by atoms with Gasteiger partial charge in [-0.05, 0) is 54.8 Å². The van der Waals surface area contributed by atoms with Crippen molar-refractivity contribution in [3.63, 3.8) is 0 Å². The highest BCUT2D eigenvalue weighted by Gasteiger charge is 2.44. The van der Waals surface area contributed by atoms with Crippen molar-refractivity contribution in [2.45, 2.75) is 29.9 Å². The first-order valence-electron chi connectivity index (χ1n) is 7.77. The first-order chi connectivity index (χ1) is 11.6. The standard InChI is InChI=1S/C19H17FN2OS/c20-15-3-7-17(8-4-15)24-12-14-1-5-16(6-2-14)22-18(23)11-19(13-21)9-10-19/h1-8H,9-12H2,(H,22,23). The van der Waals surface area contributed by atoms with Crippen molar-refractivity contribution in [2.75, 3.05) is 5.32 Å². The second kappa shape index (κ2) is 7.06. The van der Waals surface area contributed by atoms with Gasteiger partial charge in [-0.2, -0.15) is 5.26 Å². The van der Waals surface area contributed by atoms with Crippen molar-refractivity contribution in [1.82, 2.24) is 0 Å². The third-order valence-electron chi connectivity index (χ3n) is 4.05. The summed E-state index contributed by atoms with van der Waals surface area (Å²) in [4.78, 5) is 13.0. The zero-order valence-corrected chi connectivity index (χ0v) is 13.9. The summed E-state index contributed by atoms with van der Waals surface area (Å²) in [5, 5.41) is 11.9. The van der Waals surface area contributed by atoms with Gasteiger partial charge in [-0.1, -0.05) is 12.1 Å². The van der Waals surface area contributed by atoms with Crippen LogP contribution in [0.3, 0.4) is 0 Å². The molecule has 0 saturated heterocycles. The number of hydrogen-bond acceptors (Lipinski definition) is 3. The maximum Gasteiger partial charge on any atom is 0.225 e.